The molecule has 0 saturated carbocycles. The topological polar surface area (TPSA) is 89.2 Å². The average molecular weight is 457 g/mol. The molecule has 1 aliphatic heterocycles. The van der Waals surface area contributed by atoms with Gasteiger partial charge in [0.25, 0.3) is 0 Å². The zero-order valence-corrected chi connectivity index (χ0v) is 18.4. The normalized spacial score (nSPS) is 13.7. The van der Waals surface area contributed by atoms with Crippen molar-refractivity contribution in [1.82, 2.24) is 0 Å². The molecule has 172 valence electrons. The Morgan fingerprint density at radius 3 is 2.47 bits per heavy atom. The number of rotatable bonds is 6. The van der Waals surface area contributed by atoms with Gasteiger partial charge in [0, 0.05) is 30.3 Å². The van der Waals surface area contributed by atoms with Crippen LogP contribution >= 0.6 is 0 Å². The summed E-state index contributed by atoms with van der Waals surface area (Å²) >= 11 is 0. The second-order valence-electron chi connectivity index (χ2n) is 7.99. The molecular weight excluding hydrogens is 434 g/mol. The number of ether oxygens (including phenoxy) is 2. The molecule has 7 heteroatoms. The maximum atomic E-state index is 12.9. The molecule has 0 spiro atoms. The van der Waals surface area contributed by atoms with Crippen LogP contribution in [-0.2, 0) is 9.53 Å². The highest BCUT2D eigenvalue weighted by Crippen LogP contribution is 2.37. The number of carboxylic acid groups (broad SMARTS) is 1. The molecule has 1 N–H and O–H groups in total. The van der Waals surface area contributed by atoms with Crippen LogP contribution < -0.4 is 15.1 Å². The standard InChI is InChI=1S/C27H23NO6/c29-23-16-25(28-11-13-32-14-12-28)34-27-20(7-4-8-21(23)27)19-9-10-24(33-17-26(30)31)22(15-19)18-5-2-1-3-6-18/h1-10,15-16H,11-14,17H2,(H,30,31). The van der Waals surface area contributed by atoms with E-state index in [2.05, 4.69) is 0 Å². The smallest absolute Gasteiger partial charge is 0.341 e. The molecule has 0 radical (unpaired) electrons. The molecule has 3 aromatic carbocycles. The van der Waals surface area contributed by atoms with Gasteiger partial charge >= 0.3 is 5.97 Å². The molecule has 0 unspecified atom stereocenters. The van der Waals surface area contributed by atoms with E-state index >= 15 is 0 Å². The SMILES string of the molecule is O=C(O)COc1ccc(-c2cccc3c(=O)cc(N4CCOCC4)oc23)cc1-c1ccccc1. The second kappa shape index (κ2) is 9.41. The summed E-state index contributed by atoms with van der Waals surface area (Å²) in [5, 5.41) is 9.57. The monoisotopic (exact) mass is 457 g/mol. The summed E-state index contributed by atoms with van der Waals surface area (Å²) in [5.74, 6) is -0.0550. The average Bonchev–Trinajstić information content (AvgIpc) is 2.88. The van der Waals surface area contributed by atoms with Crippen LogP contribution in [0.2, 0.25) is 0 Å². The molecule has 7 nitrogen and oxygen atoms in total. The fourth-order valence-electron chi connectivity index (χ4n) is 4.14. The van der Waals surface area contributed by atoms with Gasteiger partial charge in [-0.25, -0.2) is 4.79 Å². The predicted octanol–water partition coefficient (Wildman–Crippen LogP) is 4.43. The molecule has 1 aliphatic rings. The highest BCUT2D eigenvalue weighted by molar-refractivity contribution is 5.94. The molecule has 0 bridgehead atoms. The third-order valence-corrected chi connectivity index (χ3v) is 5.79. The van der Waals surface area contributed by atoms with E-state index in [4.69, 9.17) is 19.0 Å². The Bertz CT molecular complexity index is 1390. The van der Waals surface area contributed by atoms with Gasteiger partial charge in [0.05, 0.1) is 18.6 Å². The Balaban J connectivity index is 1.65. The van der Waals surface area contributed by atoms with Crippen LogP contribution in [-0.4, -0.2) is 44.0 Å². The van der Waals surface area contributed by atoms with E-state index in [9.17, 15) is 9.59 Å². The highest BCUT2D eigenvalue weighted by Gasteiger charge is 2.18. The van der Waals surface area contributed by atoms with Crippen LogP contribution in [0.15, 0.2) is 82.0 Å². The molecule has 1 aromatic heterocycles. The van der Waals surface area contributed by atoms with Crippen molar-refractivity contribution in [2.24, 2.45) is 0 Å². The number of benzene rings is 3. The number of anilines is 1. The molecule has 1 fully saturated rings. The van der Waals surface area contributed by atoms with E-state index in [1.54, 1.807) is 12.1 Å². The van der Waals surface area contributed by atoms with Gasteiger partial charge in [-0.1, -0.05) is 48.5 Å². The lowest BCUT2D eigenvalue weighted by Gasteiger charge is -2.27. The van der Waals surface area contributed by atoms with Crippen LogP contribution in [0.3, 0.4) is 0 Å². The van der Waals surface area contributed by atoms with Crippen LogP contribution in [0.1, 0.15) is 0 Å². The van der Waals surface area contributed by atoms with Gasteiger partial charge in [0.2, 0.25) is 0 Å². The Kier molecular flexibility index (Phi) is 6.01. The van der Waals surface area contributed by atoms with E-state index in [-0.39, 0.29) is 5.43 Å². The lowest BCUT2D eigenvalue weighted by molar-refractivity contribution is -0.139. The maximum absolute atomic E-state index is 12.9. The summed E-state index contributed by atoms with van der Waals surface area (Å²) in [4.78, 5) is 26.0. The summed E-state index contributed by atoms with van der Waals surface area (Å²) in [6.45, 7) is 2.04. The van der Waals surface area contributed by atoms with E-state index in [0.29, 0.717) is 48.9 Å². The minimum Gasteiger partial charge on any atom is -0.481 e. The number of carbonyl (C=O) groups is 1. The van der Waals surface area contributed by atoms with Crippen molar-refractivity contribution in [3.63, 3.8) is 0 Å². The van der Waals surface area contributed by atoms with Crippen molar-refractivity contribution < 1.29 is 23.8 Å². The van der Waals surface area contributed by atoms with Crippen LogP contribution in [0.4, 0.5) is 5.88 Å². The van der Waals surface area contributed by atoms with Gasteiger partial charge in [-0.3, -0.25) is 4.79 Å². The van der Waals surface area contributed by atoms with Crippen molar-refractivity contribution in [2.45, 2.75) is 0 Å². The summed E-state index contributed by atoms with van der Waals surface area (Å²) in [7, 11) is 0. The minimum atomic E-state index is -1.05. The third-order valence-electron chi connectivity index (χ3n) is 5.79. The first kappa shape index (κ1) is 21.7. The van der Waals surface area contributed by atoms with E-state index in [0.717, 1.165) is 22.3 Å². The molecule has 5 rings (SSSR count). The molecule has 0 atom stereocenters. The number of hydrogen-bond acceptors (Lipinski definition) is 6. The summed E-state index contributed by atoms with van der Waals surface area (Å²) in [6, 6.07) is 22.2. The molecule has 0 amide bonds. The van der Waals surface area contributed by atoms with Crippen molar-refractivity contribution in [3.05, 3.63) is 83.0 Å². The lowest BCUT2D eigenvalue weighted by atomic mass is 9.97. The number of para-hydroxylation sites is 1. The first-order valence-corrected chi connectivity index (χ1v) is 11.0. The van der Waals surface area contributed by atoms with Crippen LogP contribution in [0.5, 0.6) is 5.75 Å². The zero-order valence-electron chi connectivity index (χ0n) is 18.4. The molecule has 0 aliphatic carbocycles. The number of morpholine rings is 1. The van der Waals surface area contributed by atoms with Gasteiger partial charge in [-0.05, 0) is 29.3 Å². The largest absolute Gasteiger partial charge is 0.481 e. The van der Waals surface area contributed by atoms with Crippen molar-refractivity contribution >= 4 is 22.8 Å². The van der Waals surface area contributed by atoms with Gasteiger partial charge in [0.15, 0.2) is 17.9 Å². The third kappa shape index (κ3) is 4.38. The quantitative estimate of drug-likeness (QED) is 0.458. The molecule has 2 heterocycles. The molecule has 34 heavy (non-hydrogen) atoms. The van der Waals surface area contributed by atoms with Gasteiger partial charge in [-0.2, -0.15) is 0 Å². The first-order chi connectivity index (χ1) is 16.6. The fourth-order valence-corrected chi connectivity index (χ4v) is 4.14. The number of carboxylic acids is 1. The number of nitrogens with zero attached hydrogens (tertiary/aromatic N) is 1. The molecular formula is C27H23NO6. The van der Waals surface area contributed by atoms with Crippen molar-refractivity contribution in [1.29, 1.82) is 0 Å². The number of hydrogen-bond donors (Lipinski definition) is 1. The Labute approximate surface area is 195 Å². The molecule has 4 aromatic rings. The lowest BCUT2D eigenvalue weighted by Crippen LogP contribution is -2.36. The van der Waals surface area contributed by atoms with Gasteiger partial charge in [0.1, 0.15) is 11.3 Å². The Morgan fingerprint density at radius 2 is 1.71 bits per heavy atom. The zero-order chi connectivity index (χ0) is 23.5. The van der Waals surface area contributed by atoms with E-state index in [1.807, 2.05) is 59.5 Å². The van der Waals surface area contributed by atoms with E-state index in [1.165, 1.54) is 6.07 Å². The van der Waals surface area contributed by atoms with E-state index < -0.39 is 12.6 Å². The highest BCUT2D eigenvalue weighted by atomic mass is 16.5. The van der Waals surface area contributed by atoms with Gasteiger partial charge < -0.3 is 23.9 Å². The number of aliphatic carboxylic acids is 1. The summed E-state index contributed by atoms with van der Waals surface area (Å²) in [5.41, 5.74) is 3.65. The maximum Gasteiger partial charge on any atom is 0.341 e. The van der Waals surface area contributed by atoms with Crippen LogP contribution in [0, 0.1) is 0 Å². The van der Waals surface area contributed by atoms with Crippen molar-refractivity contribution in [3.8, 4) is 28.0 Å². The number of fused-ring (bicyclic) bond motifs is 1. The Morgan fingerprint density at radius 1 is 0.912 bits per heavy atom. The first-order valence-electron chi connectivity index (χ1n) is 11.0. The second-order valence-corrected chi connectivity index (χ2v) is 7.99. The van der Waals surface area contributed by atoms with Gasteiger partial charge in [-0.15, -0.1) is 0 Å². The van der Waals surface area contributed by atoms with Crippen LogP contribution in [0.25, 0.3) is 33.2 Å². The molecule has 1 saturated heterocycles. The summed E-state index contributed by atoms with van der Waals surface area (Å²) < 4.78 is 17.3. The minimum absolute atomic E-state index is 0.103. The van der Waals surface area contributed by atoms with Crippen molar-refractivity contribution in [2.75, 3.05) is 37.8 Å². The predicted molar refractivity (Wildman–Crippen MR) is 130 cm³/mol. The Hall–Kier alpha value is -4.10. The summed E-state index contributed by atoms with van der Waals surface area (Å²) in [6.07, 6.45) is 0. The fraction of sp³-hybridized carbons (Fsp3) is 0.185.